The number of aromatic nitrogens is 1. The molecule has 1 aromatic heterocycles. The van der Waals surface area contributed by atoms with Gasteiger partial charge >= 0.3 is 0 Å². The third-order valence-electron chi connectivity index (χ3n) is 2.23. The van der Waals surface area contributed by atoms with E-state index < -0.39 is 5.91 Å². The van der Waals surface area contributed by atoms with Crippen LogP contribution in [0.2, 0.25) is 0 Å². The van der Waals surface area contributed by atoms with Gasteiger partial charge in [-0.25, -0.2) is 5.48 Å². The molecule has 0 aliphatic heterocycles. The molecule has 0 fully saturated rings. The Balaban J connectivity index is 1.86. The minimum absolute atomic E-state index is 0.0642. The molecule has 2 aromatic rings. The van der Waals surface area contributed by atoms with Crippen molar-refractivity contribution in [3.63, 3.8) is 0 Å². The largest absolute Gasteiger partial charge is 0.506 e. The summed E-state index contributed by atoms with van der Waals surface area (Å²) in [5, 5.41) is 9.18. The second-order valence-corrected chi connectivity index (χ2v) is 3.64. The molecule has 0 spiro atoms. The molecule has 2 rings (SSSR count). The predicted molar refractivity (Wildman–Crippen MR) is 64.6 cm³/mol. The van der Waals surface area contributed by atoms with E-state index in [-0.39, 0.29) is 17.9 Å². The smallest absolute Gasteiger partial charge is 0.276 e. The summed E-state index contributed by atoms with van der Waals surface area (Å²) in [5.41, 5.74) is 3.47. The number of hydrogen-bond acceptors (Lipinski definition) is 4. The van der Waals surface area contributed by atoms with Crippen LogP contribution < -0.4 is 5.48 Å². The van der Waals surface area contributed by atoms with E-state index in [9.17, 15) is 9.90 Å². The van der Waals surface area contributed by atoms with Crippen molar-refractivity contribution in [2.75, 3.05) is 0 Å². The molecular formula is C13H12N2O3. The molecule has 0 saturated heterocycles. The summed E-state index contributed by atoms with van der Waals surface area (Å²) in [6, 6.07) is 10.8. The van der Waals surface area contributed by atoms with Gasteiger partial charge in [-0.15, -0.1) is 0 Å². The van der Waals surface area contributed by atoms with E-state index in [0.29, 0.717) is 0 Å². The van der Waals surface area contributed by atoms with Crippen LogP contribution in [0.5, 0.6) is 5.75 Å². The Labute approximate surface area is 104 Å². The van der Waals surface area contributed by atoms with E-state index in [1.807, 2.05) is 30.3 Å². The molecule has 1 heterocycles. The first-order valence-electron chi connectivity index (χ1n) is 5.36. The van der Waals surface area contributed by atoms with Crippen LogP contribution in [-0.4, -0.2) is 16.0 Å². The molecule has 0 unspecified atom stereocenters. The number of carbonyl (C=O) groups excluding carboxylic acids is 1. The van der Waals surface area contributed by atoms with Gasteiger partial charge in [-0.1, -0.05) is 30.3 Å². The number of aromatic hydroxyl groups is 1. The first kappa shape index (κ1) is 12.1. The van der Waals surface area contributed by atoms with Crippen molar-refractivity contribution < 1.29 is 14.7 Å². The maximum absolute atomic E-state index is 11.6. The molecule has 0 aliphatic rings. The second-order valence-electron chi connectivity index (χ2n) is 3.64. The molecule has 0 aliphatic carbocycles. The van der Waals surface area contributed by atoms with Crippen molar-refractivity contribution >= 4 is 5.91 Å². The van der Waals surface area contributed by atoms with E-state index in [1.54, 1.807) is 0 Å². The molecule has 1 amide bonds. The Morgan fingerprint density at radius 1 is 1.28 bits per heavy atom. The Hall–Kier alpha value is -2.40. The van der Waals surface area contributed by atoms with E-state index >= 15 is 0 Å². The summed E-state index contributed by atoms with van der Waals surface area (Å²) in [7, 11) is 0. The Morgan fingerprint density at radius 3 is 2.78 bits per heavy atom. The molecule has 1 aromatic carbocycles. The zero-order chi connectivity index (χ0) is 12.8. The maximum Gasteiger partial charge on any atom is 0.276 e. The van der Waals surface area contributed by atoms with Crippen LogP contribution in [0.3, 0.4) is 0 Å². The standard InChI is InChI=1S/C13H12N2O3/c16-12-6-11(7-14-8-12)13(17)15-18-9-10-4-2-1-3-5-10/h1-8,16H,9H2,(H,15,17). The van der Waals surface area contributed by atoms with Crippen molar-refractivity contribution in [1.82, 2.24) is 10.5 Å². The van der Waals surface area contributed by atoms with Gasteiger partial charge in [-0.2, -0.15) is 0 Å². The monoisotopic (exact) mass is 244 g/mol. The van der Waals surface area contributed by atoms with Crippen molar-refractivity contribution in [1.29, 1.82) is 0 Å². The Bertz CT molecular complexity index is 529. The highest BCUT2D eigenvalue weighted by Crippen LogP contribution is 2.08. The van der Waals surface area contributed by atoms with Gasteiger partial charge in [-0.05, 0) is 11.6 Å². The highest BCUT2D eigenvalue weighted by molar-refractivity contribution is 5.93. The molecule has 0 radical (unpaired) electrons. The number of nitrogens with one attached hydrogen (secondary N) is 1. The molecule has 92 valence electrons. The molecule has 5 nitrogen and oxygen atoms in total. The molecule has 0 bridgehead atoms. The molecule has 5 heteroatoms. The number of hydroxylamine groups is 1. The third kappa shape index (κ3) is 3.29. The SMILES string of the molecule is O=C(NOCc1ccccc1)c1cncc(O)c1. The average molecular weight is 244 g/mol. The van der Waals surface area contributed by atoms with Crippen LogP contribution in [0.15, 0.2) is 48.8 Å². The van der Waals surface area contributed by atoms with Crippen LogP contribution in [0, 0.1) is 0 Å². The quantitative estimate of drug-likeness (QED) is 0.802. The third-order valence-corrected chi connectivity index (χ3v) is 2.23. The number of carbonyl (C=O) groups is 1. The van der Waals surface area contributed by atoms with E-state index in [2.05, 4.69) is 10.5 Å². The first-order chi connectivity index (χ1) is 8.75. The lowest BCUT2D eigenvalue weighted by molar-refractivity contribution is 0.0233. The fourth-order valence-electron chi connectivity index (χ4n) is 1.37. The average Bonchev–Trinajstić information content (AvgIpc) is 2.40. The van der Waals surface area contributed by atoms with Gasteiger partial charge < -0.3 is 5.11 Å². The van der Waals surface area contributed by atoms with E-state index in [1.165, 1.54) is 18.5 Å². The summed E-state index contributed by atoms with van der Waals surface area (Å²) < 4.78 is 0. The Morgan fingerprint density at radius 2 is 2.06 bits per heavy atom. The number of amides is 1. The summed E-state index contributed by atoms with van der Waals surface area (Å²) in [6.45, 7) is 0.277. The van der Waals surface area contributed by atoms with Crippen molar-refractivity contribution in [3.8, 4) is 5.75 Å². The number of rotatable bonds is 4. The van der Waals surface area contributed by atoms with Crippen LogP contribution in [0.1, 0.15) is 15.9 Å². The van der Waals surface area contributed by atoms with Crippen LogP contribution in [0.4, 0.5) is 0 Å². The zero-order valence-electron chi connectivity index (χ0n) is 9.54. The fourth-order valence-corrected chi connectivity index (χ4v) is 1.37. The topological polar surface area (TPSA) is 71.5 Å². The van der Waals surface area contributed by atoms with Gasteiger partial charge in [0, 0.05) is 6.20 Å². The molecule has 0 atom stereocenters. The Kier molecular flexibility index (Phi) is 3.88. The highest BCUT2D eigenvalue weighted by Gasteiger charge is 2.06. The van der Waals surface area contributed by atoms with Gasteiger partial charge in [0.25, 0.3) is 5.91 Å². The van der Waals surface area contributed by atoms with Gasteiger partial charge in [0.15, 0.2) is 0 Å². The lowest BCUT2D eigenvalue weighted by atomic mass is 10.2. The maximum atomic E-state index is 11.6. The summed E-state index contributed by atoms with van der Waals surface area (Å²) in [4.78, 5) is 20.4. The summed E-state index contributed by atoms with van der Waals surface area (Å²) in [6.07, 6.45) is 2.60. The summed E-state index contributed by atoms with van der Waals surface area (Å²) >= 11 is 0. The molecule has 2 N–H and O–H groups in total. The fraction of sp³-hybridized carbons (Fsp3) is 0.0769. The van der Waals surface area contributed by atoms with Gasteiger partial charge in [0.2, 0.25) is 0 Å². The number of nitrogens with zero attached hydrogens (tertiary/aromatic N) is 1. The van der Waals surface area contributed by atoms with Gasteiger partial charge in [-0.3, -0.25) is 14.6 Å². The molecule has 0 saturated carbocycles. The van der Waals surface area contributed by atoms with Gasteiger partial charge in [0.05, 0.1) is 18.4 Å². The van der Waals surface area contributed by atoms with Crippen molar-refractivity contribution in [2.24, 2.45) is 0 Å². The van der Waals surface area contributed by atoms with Crippen LogP contribution in [0.25, 0.3) is 0 Å². The lowest BCUT2D eigenvalue weighted by Gasteiger charge is -2.05. The van der Waals surface area contributed by atoms with Gasteiger partial charge in [0.1, 0.15) is 5.75 Å². The minimum atomic E-state index is -0.450. The van der Waals surface area contributed by atoms with Crippen molar-refractivity contribution in [2.45, 2.75) is 6.61 Å². The normalized spacial score (nSPS) is 10.0. The molecule has 18 heavy (non-hydrogen) atoms. The lowest BCUT2D eigenvalue weighted by Crippen LogP contribution is -2.23. The number of pyridine rings is 1. The second kappa shape index (κ2) is 5.79. The predicted octanol–water partition coefficient (Wildman–Crippen LogP) is 1.65. The molecular weight excluding hydrogens is 232 g/mol. The number of hydrogen-bond donors (Lipinski definition) is 2. The van der Waals surface area contributed by atoms with Crippen molar-refractivity contribution in [3.05, 3.63) is 59.9 Å². The zero-order valence-corrected chi connectivity index (χ0v) is 9.54. The highest BCUT2D eigenvalue weighted by atomic mass is 16.6. The number of benzene rings is 1. The summed E-state index contributed by atoms with van der Waals surface area (Å²) in [5.74, 6) is -0.514. The van der Waals surface area contributed by atoms with E-state index in [4.69, 9.17) is 4.84 Å². The first-order valence-corrected chi connectivity index (χ1v) is 5.36. The van der Waals surface area contributed by atoms with Crippen LogP contribution in [-0.2, 0) is 11.4 Å². The van der Waals surface area contributed by atoms with Crippen LogP contribution >= 0.6 is 0 Å². The van der Waals surface area contributed by atoms with E-state index in [0.717, 1.165) is 5.56 Å². The minimum Gasteiger partial charge on any atom is -0.506 e.